The van der Waals surface area contributed by atoms with Crippen molar-refractivity contribution in [2.75, 3.05) is 39.6 Å². The van der Waals surface area contributed by atoms with Crippen molar-refractivity contribution in [3.8, 4) is 11.6 Å². The van der Waals surface area contributed by atoms with Crippen LogP contribution >= 0.6 is 0 Å². The summed E-state index contributed by atoms with van der Waals surface area (Å²) in [6, 6.07) is 5.81. The first-order valence-corrected chi connectivity index (χ1v) is 12.4. The van der Waals surface area contributed by atoms with Crippen LogP contribution in [0.15, 0.2) is 22.7 Å². The van der Waals surface area contributed by atoms with Crippen LogP contribution < -0.4 is 9.47 Å². The van der Waals surface area contributed by atoms with Gasteiger partial charge in [-0.25, -0.2) is 0 Å². The number of likely N-dealkylation sites (tertiary alicyclic amines) is 1. The van der Waals surface area contributed by atoms with E-state index in [2.05, 4.69) is 10.1 Å². The Balaban J connectivity index is 1.09. The molecule has 0 atom stereocenters. The van der Waals surface area contributed by atoms with Crippen molar-refractivity contribution in [1.29, 1.82) is 0 Å². The lowest BCUT2D eigenvalue weighted by Gasteiger charge is -2.31. The number of piperidine rings is 1. The van der Waals surface area contributed by atoms with E-state index in [0.717, 1.165) is 62.8 Å². The Labute approximate surface area is 194 Å². The molecule has 180 valence electrons. The summed E-state index contributed by atoms with van der Waals surface area (Å²) in [5, 5.41) is 5.00. The number of aromatic nitrogens is 1. The molecule has 0 radical (unpaired) electrons. The van der Waals surface area contributed by atoms with Crippen molar-refractivity contribution in [3.63, 3.8) is 0 Å². The summed E-state index contributed by atoms with van der Waals surface area (Å²) < 4.78 is 28.7. The van der Waals surface area contributed by atoms with Gasteiger partial charge >= 0.3 is 5.97 Å². The second kappa shape index (κ2) is 10.7. The highest BCUT2D eigenvalue weighted by Crippen LogP contribution is 2.36. The molecular weight excluding hydrogens is 424 g/mol. The molecule has 0 spiro atoms. The monoisotopic (exact) mass is 458 g/mol. The second-order valence-electron chi connectivity index (χ2n) is 9.49. The molecule has 1 saturated carbocycles. The first-order chi connectivity index (χ1) is 16.3. The van der Waals surface area contributed by atoms with Gasteiger partial charge in [-0.3, -0.25) is 9.69 Å². The van der Waals surface area contributed by atoms with Gasteiger partial charge in [0.1, 0.15) is 17.9 Å². The van der Waals surface area contributed by atoms with Gasteiger partial charge in [0.2, 0.25) is 0 Å². The maximum absolute atomic E-state index is 12.2. The van der Waals surface area contributed by atoms with Gasteiger partial charge < -0.3 is 23.5 Å². The summed E-state index contributed by atoms with van der Waals surface area (Å²) >= 11 is 0. The van der Waals surface area contributed by atoms with E-state index in [9.17, 15) is 4.79 Å². The smallest absolute Gasteiger partial charge is 0.310 e. The van der Waals surface area contributed by atoms with E-state index >= 15 is 0 Å². The Morgan fingerprint density at radius 2 is 1.85 bits per heavy atom. The molecule has 0 bridgehead atoms. The summed E-state index contributed by atoms with van der Waals surface area (Å²) in [4.78, 5) is 14.4. The number of esters is 1. The third-order valence-corrected chi connectivity index (χ3v) is 7.13. The zero-order valence-corrected chi connectivity index (χ0v) is 19.2. The molecule has 3 aliphatic rings. The van der Waals surface area contributed by atoms with Crippen LogP contribution in [0.5, 0.6) is 11.6 Å². The molecule has 0 N–H and O–H groups in total. The molecule has 2 saturated heterocycles. The van der Waals surface area contributed by atoms with Crippen LogP contribution in [0.1, 0.15) is 51.4 Å². The van der Waals surface area contributed by atoms with Crippen LogP contribution in [-0.2, 0) is 14.3 Å². The van der Waals surface area contributed by atoms with Gasteiger partial charge in [0.15, 0.2) is 5.58 Å². The molecule has 33 heavy (non-hydrogen) atoms. The number of fused-ring (bicyclic) bond motifs is 1. The number of carbonyl (C=O) groups excluding carboxylic acids is 1. The van der Waals surface area contributed by atoms with Crippen molar-refractivity contribution in [3.05, 3.63) is 18.2 Å². The van der Waals surface area contributed by atoms with E-state index < -0.39 is 0 Å². The van der Waals surface area contributed by atoms with E-state index in [1.165, 1.54) is 12.8 Å². The minimum atomic E-state index is -0.0858. The molecule has 5 rings (SSSR count). The summed E-state index contributed by atoms with van der Waals surface area (Å²) in [5.41, 5.74) is 0.696. The van der Waals surface area contributed by atoms with Crippen molar-refractivity contribution in [2.45, 2.75) is 57.5 Å². The predicted molar refractivity (Wildman–Crippen MR) is 121 cm³/mol. The Kier molecular flexibility index (Phi) is 7.31. The normalized spacial score (nSPS) is 21.5. The standard InChI is InChI=1S/C25H34N2O6/c28-25(19-10-14-29-15-11-19)31-17-27-12-8-18(9-13-27)16-30-24-23-21(32-20-4-1-2-5-20)6-3-7-22(23)33-26-24/h3,6-7,18-20H,1-2,4-5,8-17H2. The average molecular weight is 459 g/mol. The number of benzene rings is 1. The molecule has 1 aliphatic carbocycles. The van der Waals surface area contributed by atoms with Crippen molar-refractivity contribution in [1.82, 2.24) is 10.1 Å². The van der Waals surface area contributed by atoms with Crippen molar-refractivity contribution >= 4 is 16.9 Å². The number of carbonyl (C=O) groups is 1. The fraction of sp³-hybridized carbons (Fsp3) is 0.680. The van der Waals surface area contributed by atoms with E-state index in [0.29, 0.717) is 43.9 Å². The Morgan fingerprint density at radius 3 is 2.64 bits per heavy atom. The topological polar surface area (TPSA) is 83.3 Å². The maximum atomic E-state index is 12.2. The van der Waals surface area contributed by atoms with Gasteiger partial charge in [-0.15, -0.1) is 0 Å². The van der Waals surface area contributed by atoms with Gasteiger partial charge in [0.25, 0.3) is 5.88 Å². The molecule has 3 fully saturated rings. The quantitative estimate of drug-likeness (QED) is 0.545. The number of hydrogen-bond donors (Lipinski definition) is 0. The highest BCUT2D eigenvalue weighted by atomic mass is 16.5. The highest BCUT2D eigenvalue weighted by Gasteiger charge is 2.26. The second-order valence-corrected chi connectivity index (χ2v) is 9.49. The number of ether oxygens (including phenoxy) is 4. The highest BCUT2D eigenvalue weighted by molar-refractivity contribution is 5.88. The minimum Gasteiger partial charge on any atom is -0.489 e. The zero-order valence-electron chi connectivity index (χ0n) is 19.2. The summed E-state index contributed by atoms with van der Waals surface area (Å²) in [6.07, 6.45) is 8.43. The molecule has 3 heterocycles. The van der Waals surface area contributed by atoms with Crippen LogP contribution in [0.25, 0.3) is 11.0 Å². The third kappa shape index (κ3) is 5.61. The molecule has 1 aromatic heterocycles. The van der Waals surface area contributed by atoms with Gasteiger partial charge in [0, 0.05) is 26.3 Å². The Morgan fingerprint density at radius 1 is 1.06 bits per heavy atom. The predicted octanol–water partition coefficient (Wildman–Crippen LogP) is 4.17. The molecule has 0 amide bonds. The molecular formula is C25H34N2O6. The molecule has 0 unspecified atom stereocenters. The molecule has 8 nitrogen and oxygen atoms in total. The van der Waals surface area contributed by atoms with Crippen LogP contribution in [0.2, 0.25) is 0 Å². The molecule has 8 heteroatoms. The lowest BCUT2D eigenvalue weighted by molar-refractivity contribution is -0.157. The first kappa shape index (κ1) is 22.5. The number of nitrogens with zero attached hydrogens (tertiary/aromatic N) is 2. The summed E-state index contributed by atoms with van der Waals surface area (Å²) in [6.45, 7) is 4.06. The zero-order chi connectivity index (χ0) is 22.5. The van der Waals surface area contributed by atoms with Crippen molar-refractivity contribution < 1.29 is 28.3 Å². The van der Waals surface area contributed by atoms with Gasteiger partial charge in [-0.1, -0.05) is 6.07 Å². The number of hydrogen-bond acceptors (Lipinski definition) is 8. The first-order valence-electron chi connectivity index (χ1n) is 12.4. The maximum Gasteiger partial charge on any atom is 0.310 e. The molecule has 1 aromatic carbocycles. The summed E-state index contributed by atoms with van der Waals surface area (Å²) in [7, 11) is 0. The largest absolute Gasteiger partial charge is 0.489 e. The SMILES string of the molecule is O=C(OCN1CCC(COc2noc3cccc(OC4CCCC4)c23)CC1)C1CCOCC1. The van der Waals surface area contributed by atoms with Gasteiger partial charge in [0.05, 0.1) is 18.6 Å². The lowest BCUT2D eigenvalue weighted by atomic mass is 9.98. The molecule has 2 aliphatic heterocycles. The van der Waals surface area contributed by atoms with Crippen molar-refractivity contribution in [2.24, 2.45) is 11.8 Å². The fourth-order valence-electron chi connectivity index (χ4n) is 5.00. The van der Waals surface area contributed by atoms with E-state index in [-0.39, 0.29) is 18.0 Å². The van der Waals surface area contributed by atoms with Crippen LogP contribution in [-0.4, -0.2) is 61.8 Å². The van der Waals surface area contributed by atoms with E-state index in [1.54, 1.807) is 0 Å². The Bertz CT molecular complexity index is 911. The van der Waals surface area contributed by atoms with Crippen LogP contribution in [0.4, 0.5) is 0 Å². The number of rotatable bonds is 8. The average Bonchev–Trinajstić information content (AvgIpc) is 3.53. The minimum absolute atomic E-state index is 0.00971. The summed E-state index contributed by atoms with van der Waals surface area (Å²) in [5.74, 6) is 1.66. The fourth-order valence-corrected chi connectivity index (χ4v) is 5.00. The Hall–Kier alpha value is -2.32. The van der Waals surface area contributed by atoms with Gasteiger partial charge in [-0.2, -0.15) is 0 Å². The lowest BCUT2D eigenvalue weighted by Crippen LogP contribution is -2.38. The van der Waals surface area contributed by atoms with Crippen LogP contribution in [0, 0.1) is 11.8 Å². The van der Waals surface area contributed by atoms with Crippen LogP contribution in [0.3, 0.4) is 0 Å². The van der Waals surface area contributed by atoms with E-state index in [4.69, 9.17) is 23.5 Å². The van der Waals surface area contributed by atoms with E-state index in [1.807, 2.05) is 18.2 Å². The molecule has 2 aromatic rings. The third-order valence-electron chi connectivity index (χ3n) is 7.13. The van der Waals surface area contributed by atoms with Gasteiger partial charge in [-0.05, 0) is 74.6 Å².